The van der Waals surface area contributed by atoms with Gasteiger partial charge in [-0.3, -0.25) is 4.79 Å². The van der Waals surface area contributed by atoms with Gasteiger partial charge in [-0.1, -0.05) is 30.3 Å². The van der Waals surface area contributed by atoms with Crippen LogP contribution in [0.1, 0.15) is 36.7 Å². The number of anilines is 1. The lowest BCUT2D eigenvalue weighted by molar-refractivity contribution is -0.148. The van der Waals surface area contributed by atoms with Gasteiger partial charge in [0.25, 0.3) is 0 Å². The lowest BCUT2D eigenvalue weighted by Crippen LogP contribution is -2.46. The van der Waals surface area contributed by atoms with Crippen molar-refractivity contribution < 1.29 is 24.2 Å². The second kappa shape index (κ2) is 9.77. The highest BCUT2D eigenvalue weighted by Crippen LogP contribution is 2.21. The Morgan fingerprint density at radius 2 is 1.79 bits per heavy atom. The molecule has 0 aliphatic rings. The molecule has 2 aromatic carbocycles. The highest BCUT2D eigenvalue weighted by Gasteiger charge is 2.28. The van der Waals surface area contributed by atoms with Crippen molar-refractivity contribution in [2.75, 3.05) is 18.9 Å². The first-order valence-electron chi connectivity index (χ1n) is 10.6. The maximum atomic E-state index is 12.8. The van der Waals surface area contributed by atoms with Crippen molar-refractivity contribution in [1.82, 2.24) is 9.88 Å². The number of benzene rings is 2. The van der Waals surface area contributed by atoms with Crippen LogP contribution in [0.3, 0.4) is 0 Å². The molecule has 0 aliphatic heterocycles. The molecule has 0 saturated heterocycles. The summed E-state index contributed by atoms with van der Waals surface area (Å²) in [6.45, 7) is 5.14. The Morgan fingerprint density at radius 1 is 1.12 bits per heavy atom. The zero-order chi connectivity index (χ0) is 24.2. The summed E-state index contributed by atoms with van der Waals surface area (Å²) >= 11 is 0. The van der Waals surface area contributed by atoms with E-state index >= 15 is 0 Å². The molecule has 3 aromatic rings. The number of carbonyl (C=O) groups is 3. The van der Waals surface area contributed by atoms with Crippen molar-refractivity contribution in [2.45, 2.75) is 38.8 Å². The zero-order valence-electron chi connectivity index (χ0n) is 19.1. The molecule has 8 heteroatoms. The van der Waals surface area contributed by atoms with Crippen LogP contribution < -0.4 is 5.32 Å². The van der Waals surface area contributed by atoms with Gasteiger partial charge in [-0.05, 0) is 44.5 Å². The van der Waals surface area contributed by atoms with Gasteiger partial charge in [-0.25, -0.2) is 9.59 Å². The molecular weight excluding hydrogens is 422 g/mol. The van der Waals surface area contributed by atoms with E-state index in [-0.39, 0.29) is 13.0 Å². The topological polar surface area (TPSA) is 112 Å². The van der Waals surface area contributed by atoms with Crippen LogP contribution >= 0.6 is 0 Å². The van der Waals surface area contributed by atoms with Crippen LogP contribution in [0.4, 0.5) is 5.69 Å². The quantitative estimate of drug-likeness (QED) is 0.453. The van der Waals surface area contributed by atoms with Gasteiger partial charge in [0.1, 0.15) is 11.6 Å². The Morgan fingerprint density at radius 3 is 2.48 bits per heavy atom. The third kappa shape index (κ3) is 5.91. The van der Waals surface area contributed by atoms with Gasteiger partial charge in [-0.2, -0.15) is 0 Å². The number of hydrogen-bond acceptors (Lipinski definition) is 5. The van der Waals surface area contributed by atoms with Crippen molar-refractivity contribution >= 4 is 34.4 Å². The van der Waals surface area contributed by atoms with Crippen LogP contribution in [0.5, 0.6) is 0 Å². The maximum Gasteiger partial charge on any atom is 0.340 e. The molecule has 1 heterocycles. The summed E-state index contributed by atoms with van der Waals surface area (Å²) in [5, 5.41) is 13.6. The molecule has 1 amide bonds. The molecule has 0 fully saturated rings. The van der Waals surface area contributed by atoms with Crippen molar-refractivity contribution in [1.29, 1.82) is 0 Å². The molecule has 1 aromatic heterocycles. The lowest BCUT2D eigenvalue weighted by atomic mass is 10.0. The number of ether oxygens (including phenoxy) is 1. The lowest BCUT2D eigenvalue weighted by Gasteiger charge is -2.25. The van der Waals surface area contributed by atoms with E-state index in [0.717, 1.165) is 10.9 Å². The molecule has 3 N–H and O–H groups in total. The smallest absolute Gasteiger partial charge is 0.340 e. The van der Waals surface area contributed by atoms with Gasteiger partial charge >= 0.3 is 11.9 Å². The summed E-state index contributed by atoms with van der Waals surface area (Å²) in [4.78, 5) is 41.5. The first kappa shape index (κ1) is 23.8. The largest absolute Gasteiger partial charge is 0.480 e. The second-order valence-corrected chi connectivity index (χ2v) is 8.74. The molecule has 8 nitrogen and oxygen atoms in total. The molecule has 0 bridgehead atoms. The Bertz CT molecular complexity index is 1160. The highest BCUT2D eigenvalue weighted by atomic mass is 16.6. The fourth-order valence-electron chi connectivity index (χ4n) is 3.43. The first-order valence-corrected chi connectivity index (χ1v) is 10.6. The van der Waals surface area contributed by atoms with E-state index in [1.54, 1.807) is 45.0 Å². The van der Waals surface area contributed by atoms with Gasteiger partial charge in [0.2, 0.25) is 5.91 Å². The number of nitrogens with zero attached hydrogens (tertiary/aromatic N) is 1. The van der Waals surface area contributed by atoms with E-state index in [4.69, 9.17) is 4.74 Å². The Labute approximate surface area is 192 Å². The normalized spacial score (nSPS) is 12.2. The summed E-state index contributed by atoms with van der Waals surface area (Å²) in [5.41, 5.74) is 1.62. The number of carboxylic acids is 1. The van der Waals surface area contributed by atoms with Crippen molar-refractivity contribution in [3.05, 3.63) is 65.9 Å². The summed E-state index contributed by atoms with van der Waals surface area (Å²) in [5.74, 6) is -2.05. The minimum absolute atomic E-state index is 0.107. The average molecular weight is 451 g/mol. The monoisotopic (exact) mass is 450 g/mol. The van der Waals surface area contributed by atoms with Crippen molar-refractivity contribution in [3.8, 4) is 0 Å². The van der Waals surface area contributed by atoms with Crippen LogP contribution in [0.15, 0.2) is 48.5 Å². The number of nitrogens with one attached hydrogen (secondary N) is 2. The third-order valence-corrected chi connectivity index (χ3v) is 5.12. The van der Waals surface area contributed by atoms with Crippen LogP contribution in [-0.2, 0) is 20.7 Å². The Balaban J connectivity index is 1.70. The molecule has 1 atom stereocenters. The second-order valence-electron chi connectivity index (χ2n) is 8.74. The number of para-hydroxylation sites is 2. The van der Waals surface area contributed by atoms with Crippen molar-refractivity contribution in [3.63, 3.8) is 0 Å². The predicted molar refractivity (Wildman–Crippen MR) is 125 cm³/mol. The number of carboxylic acid groups (broad SMARTS) is 1. The number of H-pyrrole nitrogens is 1. The number of esters is 1. The van der Waals surface area contributed by atoms with Crippen LogP contribution in [0.25, 0.3) is 10.9 Å². The molecular formula is C25H28N3O5. The summed E-state index contributed by atoms with van der Waals surface area (Å²) in [7, 11) is 1.46. The maximum absolute atomic E-state index is 12.8. The number of likely N-dealkylation sites (N-methyl/N-ethyl adjacent to an activating group) is 1. The van der Waals surface area contributed by atoms with E-state index in [1.165, 1.54) is 11.9 Å². The number of hydrogen-bond donors (Lipinski definition) is 3. The molecule has 3 rings (SSSR count). The molecule has 33 heavy (non-hydrogen) atoms. The van der Waals surface area contributed by atoms with Gasteiger partial charge in [0.15, 0.2) is 0 Å². The molecule has 0 saturated carbocycles. The fraction of sp³-hybridized carbons (Fsp3) is 0.320. The minimum Gasteiger partial charge on any atom is -0.480 e. The van der Waals surface area contributed by atoms with Gasteiger partial charge in [0, 0.05) is 30.1 Å². The van der Waals surface area contributed by atoms with E-state index < -0.39 is 29.5 Å². The predicted octanol–water partition coefficient (Wildman–Crippen LogP) is 3.49. The van der Waals surface area contributed by atoms with Gasteiger partial charge in [0.05, 0.1) is 18.3 Å². The van der Waals surface area contributed by atoms with Crippen LogP contribution in [0.2, 0.25) is 0 Å². The van der Waals surface area contributed by atoms with E-state index in [2.05, 4.69) is 16.5 Å². The molecule has 0 spiro atoms. The highest BCUT2D eigenvalue weighted by molar-refractivity contribution is 5.96. The number of fused-ring (bicyclic) bond motifs is 1. The van der Waals surface area contributed by atoms with Crippen LogP contribution in [-0.4, -0.2) is 58.1 Å². The first-order chi connectivity index (χ1) is 15.6. The van der Waals surface area contributed by atoms with Gasteiger partial charge in [-0.15, -0.1) is 0 Å². The summed E-state index contributed by atoms with van der Waals surface area (Å²) < 4.78 is 5.42. The van der Waals surface area contributed by atoms with E-state index in [9.17, 15) is 19.5 Å². The molecule has 173 valence electrons. The number of amides is 1. The third-order valence-electron chi connectivity index (χ3n) is 5.12. The standard InChI is InChI=1S/C25H28N3O5/c1-25(2,3)33-24(32)18-10-6-8-12-20(18)27-15-22(29)28(4)21(23(30)31)13-16-14-26-19-11-7-5-9-17(16)19/h5-12,21,26-27H,13,15H2,1-4H3,(H,30,31). The molecule has 1 radical (unpaired) electrons. The molecule has 1 unspecified atom stereocenters. The fourth-order valence-corrected chi connectivity index (χ4v) is 3.43. The Kier molecular flexibility index (Phi) is 7.06. The summed E-state index contributed by atoms with van der Waals surface area (Å²) in [6.07, 6.45) is 3.10. The van der Waals surface area contributed by atoms with Crippen LogP contribution in [0, 0.1) is 6.20 Å². The number of aliphatic carboxylic acids is 1. The number of aromatic amines is 1. The van der Waals surface area contributed by atoms with E-state index in [1.807, 2.05) is 24.3 Å². The number of carbonyl (C=O) groups excluding carboxylic acids is 2. The molecule has 0 aliphatic carbocycles. The number of aromatic nitrogens is 1. The van der Waals surface area contributed by atoms with Crippen molar-refractivity contribution in [2.24, 2.45) is 0 Å². The average Bonchev–Trinajstić information content (AvgIpc) is 3.17. The van der Waals surface area contributed by atoms with E-state index in [0.29, 0.717) is 16.8 Å². The minimum atomic E-state index is -1.11. The number of rotatable bonds is 8. The SMILES string of the molecule is CN(C(=O)CNc1ccccc1C(=O)OC(C)(C)C)C(Cc1[c][nH]c2ccccc12)C(=O)O. The zero-order valence-corrected chi connectivity index (χ0v) is 19.1. The summed E-state index contributed by atoms with van der Waals surface area (Å²) in [6, 6.07) is 13.1. The Hall–Kier alpha value is -3.81. The van der Waals surface area contributed by atoms with Gasteiger partial charge < -0.3 is 25.0 Å².